The molecule has 0 aliphatic heterocycles. The maximum absolute atomic E-state index is 14.3. The molecule has 0 aliphatic carbocycles. The molecule has 0 saturated carbocycles. The summed E-state index contributed by atoms with van der Waals surface area (Å²) in [6.07, 6.45) is 0.0784. The molecule has 0 aliphatic rings. The Balaban J connectivity index is 2.31. The molecule has 0 nitrogen and oxygen atoms in total. The summed E-state index contributed by atoms with van der Waals surface area (Å²) in [6.45, 7) is 6.39. The maximum Gasteiger partial charge on any atom is 0.267 e. The lowest BCUT2D eigenvalue weighted by atomic mass is 9.83. The highest BCUT2D eigenvalue weighted by atomic mass is 19.3. The minimum atomic E-state index is -2.88. The number of hydrogen-bond donors (Lipinski definition) is 0. The Morgan fingerprint density at radius 2 is 1.48 bits per heavy atom. The fourth-order valence-corrected chi connectivity index (χ4v) is 4.02. The van der Waals surface area contributed by atoms with Gasteiger partial charge in [-0.25, -0.2) is 13.2 Å². The van der Waals surface area contributed by atoms with Crippen LogP contribution in [0.3, 0.4) is 0 Å². The molecule has 0 spiro atoms. The summed E-state index contributed by atoms with van der Waals surface area (Å²) in [4.78, 5) is 0. The van der Waals surface area contributed by atoms with Crippen LogP contribution in [0.25, 0.3) is 22.3 Å². The summed E-state index contributed by atoms with van der Waals surface area (Å²) >= 11 is 0. The van der Waals surface area contributed by atoms with Crippen LogP contribution in [-0.4, -0.2) is 0 Å². The van der Waals surface area contributed by atoms with Crippen LogP contribution in [0.2, 0.25) is 0 Å². The number of rotatable bonds is 7. The Bertz CT molecular complexity index is 958. The number of aryl methyl sites for hydroxylation is 1. The van der Waals surface area contributed by atoms with Gasteiger partial charge in [-0.05, 0) is 58.2 Å². The van der Waals surface area contributed by atoms with Gasteiger partial charge in [0.2, 0.25) is 0 Å². The fourth-order valence-electron chi connectivity index (χ4n) is 4.02. The van der Waals surface area contributed by atoms with Gasteiger partial charge in [-0.3, -0.25) is 0 Å². The van der Waals surface area contributed by atoms with Crippen LogP contribution >= 0.6 is 0 Å². The molecule has 0 radical (unpaired) electrons. The highest BCUT2D eigenvalue weighted by Crippen LogP contribution is 2.42. The van der Waals surface area contributed by atoms with E-state index in [1.165, 1.54) is 11.6 Å². The van der Waals surface area contributed by atoms with Crippen LogP contribution in [0.4, 0.5) is 13.2 Å². The van der Waals surface area contributed by atoms with Crippen LogP contribution in [0.5, 0.6) is 0 Å². The fraction of sp³-hybridized carbons (Fsp3) is 0.308. The highest BCUT2D eigenvalue weighted by molar-refractivity contribution is 5.87. The van der Waals surface area contributed by atoms with E-state index in [1.54, 1.807) is 6.07 Å². The van der Waals surface area contributed by atoms with Crippen molar-refractivity contribution in [1.29, 1.82) is 0 Å². The molecular formula is C26H27F3. The van der Waals surface area contributed by atoms with Crippen molar-refractivity contribution in [3.63, 3.8) is 0 Å². The van der Waals surface area contributed by atoms with Crippen molar-refractivity contribution in [3.8, 4) is 22.3 Å². The van der Waals surface area contributed by atoms with Gasteiger partial charge in [0.1, 0.15) is 5.82 Å². The van der Waals surface area contributed by atoms with Gasteiger partial charge in [0, 0.05) is 0 Å². The normalized spacial score (nSPS) is 12.4. The predicted molar refractivity (Wildman–Crippen MR) is 115 cm³/mol. The summed E-state index contributed by atoms with van der Waals surface area (Å²) in [7, 11) is 0. The zero-order valence-corrected chi connectivity index (χ0v) is 17.2. The second-order valence-corrected chi connectivity index (χ2v) is 7.51. The Labute approximate surface area is 171 Å². The van der Waals surface area contributed by atoms with Gasteiger partial charge in [-0.15, -0.1) is 0 Å². The third-order valence-corrected chi connectivity index (χ3v) is 5.56. The van der Waals surface area contributed by atoms with Crippen LogP contribution in [0.1, 0.15) is 62.6 Å². The molecule has 3 rings (SSSR count). The molecule has 1 atom stereocenters. The lowest BCUT2D eigenvalue weighted by Gasteiger charge is -2.22. The Kier molecular flexibility index (Phi) is 6.79. The van der Waals surface area contributed by atoms with Crippen molar-refractivity contribution in [1.82, 2.24) is 0 Å². The van der Waals surface area contributed by atoms with Gasteiger partial charge < -0.3 is 0 Å². The Morgan fingerprint density at radius 1 is 0.828 bits per heavy atom. The van der Waals surface area contributed by atoms with Gasteiger partial charge in [0.15, 0.2) is 0 Å². The third-order valence-electron chi connectivity index (χ3n) is 5.56. The first-order chi connectivity index (χ1) is 14.0. The average molecular weight is 396 g/mol. The van der Waals surface area contributed by atoms with Crippen LogP contribution in [0, 0.1) is 5.82 Å². The second kappa shape index (κ2) is 9.30. The summed E-state index contributed by atoms with van der Waals surface area (Å²) < 4.78 is 41.8. The smallest absolute Gasteiger partial charge is 0.206 e. The Morgan fingerprint density at radius 3 is 2.10 bits per heavy atom. The van der Waals surface area contributed by atoms with Crippen molar-refractivity contribution in [2.24, 2.45) is 0 Å². The number of benzene rings is 3. The zero-order valence-electron chi connectivity index (χ0n) is 17.2. The largest absolute Gasteiger partial charge is 0.267 e. The van der Waals surface area contributed by atoms with E-state index >= 15 is 0 Å². The third kappa shape index (κ3) is 4.39. The molecule has 0 fully saturated rings. The minimum Gasteiger partial charge on any atom is -0.206 e. The number of alkyl halides is 2. The van der Waals surface area contributed by atoms with E-state index in [2.05, 4.69) is 39.0 Å². The van der Waals surface area contributed by atoms with E-state index < -0.39 is 17.8 Å². The number of hydrogen-bond acceptors (Lipinski definition) is 0. The molecule has 1 unspecified atom stereocenters. The first kappa shape index (κ1) is 21.2. The molecule has 0 heterocycles. The Hall–Kier alpha value is -2.55. The van der Waals surface area contributed by atoms with E-state index in [0.29, 0.717) is 5.56 Å². The molecule has 3 heteroatoms. The van der Waals surface area contributed by atoms with Gasteiger partial charge >= 0.3 is 0 Å². The van der Waals surface area contributed by atoms with Crippen LogP contribution in [-0.2, 0) is 6.42 Å². The van der Waals surface area contributed by atoms with Crippen LogP contribution < -0.4 is 0 Å². The molecular weight excluding hydrogens is 369 g/mol. The van der Waals surface area contributed by atoms with E-state index in [4.69, 9.17) is 0 Å². The molecule has 0 bridgehead atoms. The van der Waals surface area contributed by atoms with Gasteiger partial charge in [-0.2, -0.15) is 0 Å². The van der Waals surface area contributed by atoms with Crippen molar-refractivity contribution < 1.29 is 13.2 Å². The lowest BCUT2D eigenvalue weighted by molar-refractivity contribution is 0.147. The van der Waals surface area contributed by atoms with Gasteiger partial charge in [0.05, 0.1) is 5.56 Å². The van der Waals surface area contributed by atoms with E-state index in [1.807, 2.05) is 24.3 Å². The molecule has 0 N–H and O–H groups in total. The highest BCUT2D eigenvalue weighted by Gasteiger charge is 2.23. The summed E-state index contributed by atoms with van der Waals surface area (Å²) in [6, 6.07) is 18.2. The summed E-state index contributed by atoms with van der Waals surface area (Å²) in [5, 5.41) is 0. The molecule has 29 heavy (non-hydrogen) atoms. The molecule has 0 aromatic heterocycles. The topological polar surface area (TPSA) is 0 Å². The average Bonchev–Trinajstić information content (AvgIpc) is 2.73. The second-order valence-electron chi connectivity index (χ2n) is 7.51. The molecule has 0 amide bonds. The lowest BCUT2D eigenvalue weighted by Crippen LogP contribution is -2.01. The summed E-state index contributed by atoms with van der Waals surface area (Å²) in [5.41, 5.74) is 4.61. The molecule has 3 aromatic rings. The minimum absolute atomic E-state index is 0.264. The predicted octanol–water partition coefficient (Wildman–Crippen LogP) is 8.56. The summed E-state index contributed by atoms with van der Waals surface area (Å²) in [5.74, 6) is -0.596. The van der Waals surface area contributed by atoms with Crippen molar-refractivity contribution in [2.75, 3.05) is 0 Å². The van der Waals surface area contributed by atoms with E-state index in [0.717, 1.165) is 42.0 Å². The van der Waals surface area contributed by atoms with Gasteiger partial charge in [-0.1, -0.05) is 81.8 Å². The molecule has 3 aromatic carbocycles. The van der Waals surface area contributed by atoms with Crippen molar-refractivity contribution >= 4 is 0 Å². The molecule has 0 saturated heterocycles. The number of halogens is 3. The first-order valence-electron chi connectivity index (χ1n) is 10.3. The van der Waals surface area contributed by atoms with E-state index in [9.17, 15) is 13.2 Å². The van der Waals surface area contributed by atoms with Gasteiger partial charge in [0.25, 0.3) is 6.43 Å². The zero-order chi connectivity index (χ0) is 21.0. The van der Waals surface area contributed by atoms with E-state index in [-0.39, 0.29) is 11.5 Å². The maximum atomic E-state index is 14.3. The van der Waals surface area contributed by atoms with Crippen molar-refractivity contribution in [2.45, 2.75) is 52.4 Å². The first-order valence-corrected chi connectivity index (χ1v) is 10.3. The SMILES string of the molecule is CCCC(C)c1cccc(-c2cccc(F)c2C(F)F)c1-c1ccc(CC)cc1. The van der Waals surface area contributed by atoms with Crippen LogP contribution in [0.15, 0.2) is 60.7 Å². The van der Waals surface area contributed by atoms with Crippen molar-refractivity contribution in [3.05, 3.63) is 83.2 Å². The quantitative estimate of drug-likeness (QED) is 0.375. The standard InChI is InChI=1S/C26H27F3/c1-4-8-17(3)20-9-6-10-21(22-11-7-12-23(27)25(22)26(28)29)24(20)19-15-13-18(5-2)14-16-19/h6-7,9-17,26H,4-5,8H2,1-3H3. The molecule has 152 valence electrons. The monoisotopic (exact) mass is 396 g/mol.